The Kier molecular flexibility index (Phi) is 4.35. The largest absolute Gasteiger partial charge is 0.513 e. The summed E-state index contributed by atoms with van der Waals surface area (Å²) in [4.78, 5) is 0. The molecule has 0 aliphatic heterocycles. The summed E-state index contributed by atoms with van der Waals surface area (Å²) in [5.74, 6) is -0.827. The van der Waals surface area contributed by atoms with Gasteiger partial charge in [0.2, 0.25) is 0 Å². The van der Waals surface area contributed by atoms with Crippen molar-refractivity contribution in [3.63, 3.8) is 0 Å². The van der Waals surface area contributed by atoms with Crippen molar-refractivity contribution in [1.29, 1.82) is 0 Å². The van der Waals surface area contributed by atoms with E-state index in [-0.39, 0.29) is 12.2 Å². The first kappa shape index (κ1) is 13.5. The molecule has 0 radical (unpaired) electrons. The predicted octanol–water partition coefficient (Wildman–Crippen LogP) is 1.11. The summed E-state index contributed by atoms with van der Waals surface area (Å²) in [5, 5.41) is 39.2. The van der Waals surface area contributed by atoms with E-state index in [4.69, 9.17) is 0 Å². The van der Waals surface area contributed by atoms with Gasteiger partial charge in [0.15, 0.2) is 0 Å². The molecule has 1 fully saturated rings. The minimum atomic E-state index is -1.35. The number of aliphatic hydroxyl groups is 4. The third-order valence-electron chi connectivity index (χ3n) is 3.46. The van der Waals surface area contributed by atoms with Gasteiger partial charge in [0.05, 0.1) is 18.0 Å². The van der Waals surface area contributed by atoms with Crippen LogP contribution in [0.25, 0.3) is 0 Å². The van der Waals surface area contributed by atoms with Crippen LogP contribution in [-0.2, 0) is 0 Å². The van der Waals surface area contributed by atoms with Crippen LogP contribution in [0.4, 0.5) is 0 Å². The first-order valence-electron chi connectivity index (χ1n) is 5.84. The van der Waals surface area contributed by atoms with E-state index in [2.05, 4.69) is 6.58 Å². The lowest BCUT2D eigenvalue weighted by atomic mass is 9.71. The molecule has 0 bridgehead atoms. The zero-order valence-electron chi connectivity index (χ0n) is 9.76. The highest BCUT2D eigenvalue weighted by molar-refractivity contribution is 5.06. The Morgan fingerprint density at radius 3 is 2.56 bits per heavy atom. The minimum Gasteiger partial charge on any atom is -0.513 e. The molecule has 4 heteroatoms. The van der Waals surface area contributed by atoms with E-state index in [0.29, 0.717) is 12.8 Å². The molecule has 4 atom stereocenters. The predicted molar refractivity (Wildman–Crippen MR) is 61.0 cm³/mol. The molecule has 4 N–H and O–H groups in total. The molecule has 0 aromatic heterocycles. The molecule has 0 aromatic rings. The molecule has 4 unspecified atom stereocenters. The van der Waals surface area contributed by atoms with E-state index in [1.165, 1.54) is 0 Å². The zero-order valence-corrected chi connectivity index (χ0v) is 9.76. The van der Waals surface area contributed by atoms with Gasteiger partial charge < -0.3 is 20.4 Å². The van der Waals surface area contributed by atoms with E-state index in [1.54, 1.807) is 6.92 Å². The number of hydrogen-bond acceptors (Lipinski definition) is 4. The van der Waals surface area contributed by atoms with Gasteiger partial charge in [0.1, 0.15) is 5.60 Å². The van der Waals surface area contributed by atoms with Crippen LogP contribution in [0.1, 0.15) is 39.0 Å². The number of aliphatic hydroxyl groups excluding tert-OH is 3. The van der Waals surface area contributed by atoms with Crippen LogP contribution in [0.5, 0.6) is 0 Å². The molecule has 16 heavy (non-hydrogen) atoms. The van der Waals surface area contributed by atoms with Gasteiger partial charge in [-0.2, -0.15) is 0 Å². The van der Waals surface area contributed by atoms with Gasteiger partial charge in [-0.15, -0.1) is 0 Å². The first-order chi connectivity index (χ1) is 7.38. The van der Waals surface area contributed by atoms with Crippen molar-refractivity contribution >= 4 is 0 Å². The molecule has 1 aliphatic carbocycles. The van der Waals surface area contributed by atoms with Gasteiger partial charge >= 0.3 is 0 Å². The normalized spacial score (nSPS) is 34.4. The smallest absolute Gasteiger partial charge is 0.100 e. The highest BCUT2D eigenvalue weighted by Gasteiger charge is 2.46. The Morgan fingerprint density at radius 2 is 2.12 bits per heavy atom. The van der Waals surface area contributed by atoms with Crippen molar-refractivity contribution in [2.45, 2.75) is 56.8 Å². The maximum absolute atomic E-state index is 10.4. The fraction of sp³-hybridized carbons (Fsp3) is 0.833. The Hall–Kier alpha value is -0.580. The third-order valence-corrected chi connectivity index (χ3v) is 3.46. The van der Waals surface area contributed by atoms with Crippen LogP contribution < -0.4 is 0 Å². The van der Waals surface area contributed by atoms with Crippen molar-refractivity contribution < 1.29 is 20.4 Å². The molecule has 1 aliphatic rings. The monoisotopic (exact) mass is 230 g/mol. The summed E-state index contributed by atoms with van der Waals surface area (Å²) in [6.45, 7) is 5.03. The Balaban J connectivity index is 2.85. The third kappa shape index (κ3) is 2.75. The molecule has 0 amide bonds. The van der Waals surface area contributed by atoms with Gasteiger partial charge in [-0.1, -0.05) is 19.4 Å². The maximum atomic E-state index is 10.4. The molecule has 94 valence electrons. The van der Waals surface area contributed by atoms with Crippen LogP contribution in [0.3, 0.4) is 0 Å². The summed E-state index contributed by atoms with van der Waals surface area (Å²) in [6.07, 6.45) is 1.37. The maximum Gasteiger partial charge on any atom is 0.100 e. The summed E-state index contributed by atoms with van der Waals surface area (Å²) >= 11 is 0. The topological polar surface area (TPSA) is 80.9 Å². The van der Waals surface area contributed by atoms with Crippen LogP contribution in [-0.4, -0.2) is 38.2 Å². The second-order valence-corrected chi connectivity index (χ2v) is 4.88. The molecule has 0 spiro atoms. The van der Waals surface area contributed by atoms with E-state index in [0.717, 1.165) is 12.8 Å². The van der Waals surface area contributed by atoms with Gasteiger partial charge in [0.25, 0.3) is 0 Å². The van der Waals surface area contributed by atoms with E-state index >= 15 is 0 Å². The number of hydrogen-bond donors (Lipinski definition) is 4. The summed E-state index contributed by atoms with van der Waals surface area (Å²) in [5.41, 5.74) is -1.35. The van der Waals surface area contributed by atoms with Crippen LogP contribution in [0.15, 0.2) is 12.3 Å². The summed E-state index contributed by atoms with van der Waals surface area (Å²) in [7, 11) is 0. The van der Waals surface area contributed by atoms with Gasteiger partial charge in [-0.25, -0.2) is 0 Å². The van der Waals surface area contributed by atoms with Crippen molar-refractivity contribution in [1.82, 2.24) is 0 Å². The fourth-order valence-corrected chi connectivity index (χ4v) is 2.54. The van der Waals surface area contributed by atoms with Gasteiger partial charge in [0, 0.05) is 5.92 Å². The average Bonchev–Trinajstić information content (AvgIpc) is 2.18. The average molecular weight is 230 g/mol. The van der Waals surface area contributed by atoms with Crippen molar-refractivity contribution in [2.24, 2.45) is 5.92 Å². The van der Waals surface area contributed by atoms with E-state index in [9.17, 15) is 20.4 Å². The SMILES string of the molecule is C=C(O)C(CC(C)O)C1(O)CCCCC1O. The first-order valence-corrected chi connectivity index (χ1v) is 5.84. The quantitative estimate of drug-likeness (QED) is 0.545. The molecular formula is C12H22O4. The fourth-order valence-electron chi connectivity index (χ4n) is 2.54. The van der Waals surface area contributed by atoms with Gasteiger partial charge in [-0.3, -0.25) is 0 Å². The van der Waals surface area contributed by atoms with Crippen molar-refractivity contribution in [3.05, 3.63) is 12.3 Å². The molecule has 0 aromatic carbocycles. The molecule has 1 rings (SSSR count). The molecule has 4 nitrogen and oxygen atoms in total. The van der Waals surface area contributed by atoms with Crippen LogP contribution in [0.2, 0.25) is 0 Å². The second-order valence-electron chi connectivity index (χ2n) is 4.88. The summed E-state index contributed by atoms with van der Waals surface area (Å²) < 4.78 is 0. The van der Waals surface area contributed by atoms with E-state index < -0.39 is 23.7 Å². The highest BCUT2D eigenvalue weighted by atomic mass is 16.3. The minimum absolute atomic E-state index is 0.163. The molecule has 1 saturated carbocycles. The van der Waals surface area contributed by atoms with Crippen molar-refractivity contribution in [3.8, 4) is 0 Å². The lowest BCUT2D eigenvalue weighted by Gasteiger charge is -2.42. The Bertz CT molecular complexity index is 251. The van der Waals surface area contributed by atoms with Crippen molar-refractivity contribution in [2.75, 3.05) is 0 Å². The standard InChI is InChI=1S/C12H22O4/c1-8(13)7-10(9(2)14)12(16)6-4-3-5-11(12)15/h8,10-11,13-16H,2-7H2,1H3. The molecular weight excluding hydrogens is 208 g/mol. The number of rotatable bonds is 4. The zero-order chi connectivity index (χ0) is 12.3. The Labute approximate surface area is 96.2 Å². The highest BCUT2D eigenvalue weighted by Crippen LogP contribution is 2.39. The van der Waals surface area contributed by atoms with Crippen LogP contribution >= 0.6 is 0 Å². The second kappa shape index (κ2) is 5.17. The lowest BCUT2D eigenvalue weighted by molar-refractivity contribution is -0.140. The Morgan fingerprint density at radius 1 is 1.50 bits per heavy atom. The lowest BCUT2D eigenvalue weighted by Crippen LogP contribution is -2.52. The summed E-state index contributed by atoms with van der Waals surface area (Å²) in [6, 6.07) is 0. The molecule has 0 saturated heterocycles. The molecule has 0 heterocycles. The van der Waals surface area contributed by atoms with Gasteiger partial charge in [-0.05, 0) is 26.2 Å². The van der Waals surface area contributed by atoms with Crippen LogP contribution in [0, 0.1) is 5.92 Å². The van der Waals surface area contributed by atoms with E-state index in [1.807, 2.05) is 0 Å².